The number of hydrogen-bond donors (Lipinski definition) is 1. The van der Waals surface area contributed by atoms with E-state index in [1.807, 2.05) is 0 Å². The fourth-order valence-electron chi connectivity index (χ4n) is 7.07. The molecule has 4 aliphatic rings. The SMILES string of the molecule is C=CC1(O)C(F)C[C@H]2[C@@H]3CC=C4CCCC[C@]4(C)[C@@H]3CC[C@@]21C. The molecule has 23 heavy (non-hydrogen) atoms. The molecule has 128 valence electrons. The Morgan fingerprint density at radius 2 is 2.04 bits per heavy atom. The van der Waals surface area contributed by atoms with E-state index in [2.05, 4.69) is 26.5 Å². The maximum Gasteiger partial charge on any atom is 0.133 e. The molecule has 1 N–H and O–H groups in total. The normalized spacial score (nSPS) is 55.4. The van der Waals surface area contributed by atoms with Gasteiger partial charge >= 0.3 is 0 Å². The van der Waals surface area contributed by atoms with Crippen molar-refractivity contribution in [1.29, 1.82) is 0 Å². The lowest BCUT2D eigenvalue weighted by molar-refractivity contribution is -0.111. The van der Waals surface area contributed by atoms with Crippen LogP contribution in [0.15, 0.2) is 24.3 Å². The lowest BCUT2D eigenvalue weighted by Crippen LogP contribution is -2.54. The third-order valence-corrected chi connectivity index (χ3v) is 8.57. The molecule has 4 aliphatic carbocycles. The molecule has 0 aromatic carbocycles. The van der Waals surface area contributed by atoms with Crippen molar-refractivity contribution in [2.24, 2.45) is 28.6 Å². The molecule has 0 aromatic heterocycles. The van der Waals surface area contributed by atoms with Gasteiger partial charge in [0.05, 0.1) is 0 Å². The number of allylic oxidation sites excluding steroid dienone is 2. The molecule has 0 amide bonds. The van der Waals surface area contributed by atoms with Crippen LogP contribution in [0.2, 0.25) is 0 Å². The van der Waals surface area contributed by atoms with Crippen molar-refractivity contribution < 1.29 is 9.50 Å². The van der Waals surface area contributed by atoms with Crippen LogP contribution in [-0.2, 0) is 0 Å². The maximum atomic E-state index is 14.8. The molecule has 0 heterocycles. The molecule has 2 unspecified atom stereocenters. The Morgan fingerprint density at radius 1 is 1.26 bits per heavy atom. The van der Waals surface area contributed by atoms with Crippen LogP contribution in [0.4, 0.5) is 4.39 Å². The second-order valence-electron chi connectivity index (χ2n) is 9.16. The lowest BCUT2D eigenvalue weighted by Gasteiger charge is -2.58. The van der Waals surface area contributed by atoms with Crippen molar-refractivity contribution in [3.63, 3.8) is 0 Å². The molecule has 0 saturated heterocycles. The summed E-state index contributed by atoms with van der Waals surface area (Å²) in [4.78, 5) is 0. The molecule has 0 spiro atoms. The summed E-state index contributed by atoms with van der Waals surface area (Å²) in [5.41, 5.74) is 0.344. The predicted octanol–water partition coefficient (Wildman–Crippen LogP) is 5.20. The largest absolute Gasteiger partial charge is 0.382 e. The van der Waals surface area contributed by atoms with Crippen LogP contribution in [0.5, 0.6) is 0 Å². The van der Waals surface area contributed by atoms with E-state index in [-0.39, 0.29) is 11.3 Å². The molecule has 0 aromatic rings. The minimum absolute atomic E-state index is 0.288. The van der Waals surface area contributed by atoms with Crippen LogP contribution in [0.3, 0.4) is 0 Å². The summed E-state index contributed by atoms with van der Waals surface area (Å²) < 4.78 is 14.8. The van der Waals surface area contributed by atoms with Crippen molar-refractivity contribution in [3.05, 3.63) is 24.3 Å². The van der Waals surface area contributed by atoms with Gasteiger partial charge in [0.1, 0.15) is 11.8 Å². The Labute approximate surface area is 140 Å². The van der Waals surface area contributed by atoms with Gasteiger partial charge in [-0.05, 0) is 68.1 Å². The first-order valence-electron chi connectivity index (χ1n) is 9.56. The van der Waals surface area contributed by atoms with Crippen molar-refractivity contribution in [2.45, 2.75) is 77.0 Å². The average molecular weight is 318 g/mol. The van der Waals surface area contributed by atoms with Crippen LogP contribution in [-0.4, -0.2) is 16.9 Å². The monoisotopic (exact) mass is 318 g/mol. The zero-order valence-electron chi connectivity index (χ0n) is 14.7. The van der Waals surface area contributed by atoms with Gasteiger partial charge in [-0.25, -0.2) is 4.39 Å². The van der Waals surface area contributed by atoms with Gasteiger partial charge in [0.25, 0.3) is 0 Å². The summed E-state index contributed by atoms with van der Waals surface area (Å²) in [5.74, 6) is 1.50. The van der Waals surface area contributed by atoms with E-state index in [9.17, 15) is 9.50 Å². The van der Waals surface area contributed by atoms with Gasteiger partial charge in [-0.2, -0.15) is 0 Å². The second kappa shape index (κ2) is 4.94. The number of halogens is 1. The van der Waals surface area contributed by atoms with Gasteiger partial charge in [-0.15, -0.1) is 6.58 Å². The van der Waals surface area contributed by atoms with E-state index in [4.69, 9.17) is 0 Å². The number of hydrogen-bond acceptors (Lipinski definition) is 1. The quantitative estimate of drug-likeness (QED) is 0.658. The maximum absolute atomic E-state index is 14.8. The van der Waals surface area contributed by atoms with E-state index in [0.29, 0.717) is 23.7 Å². The van der Waals surface area contributed by atoms with Crippen molar-refractivity contribution in [1.82, 2.24) is 0 Å². The Hall–Kier alpha value is -0.630. The van der Waals surface area contributed by atoms with Crippen LogP contribution in [0.25, 0.3) is 0 Å². The average Bonchev–Trinajstić information content (AvgIpc) is 2.75. The summed E-state index contributed by atoms with van der Waals surface area (Å²) in [6.45, 7) is 8.38. The lowest BCUT2D eigenvalue weighted by atomic mass is 9.47. The van der Waals surface area contributed by atoms with Crippen molar-refractivity contribution in [2.75, 3.05) is 0 Å². The highest BCUT2D eigenvalue weighted by Gasteiger charge is 2.66. The highest BCUT2D eigenvalue weighted by Crippen LogP contribution is 2.67. The predicted molar refractivity (Wildman–Crippen MR) is 91.7 cm³/mol. The molecule has 0 aliphatic heterocycles. The highest BCUT2D eigenvalue weighted by molar-refractivity contribution is 5.27. The molecular weight excluding hydrogens is 287 g/mol. The summed E-state index contributed by atoms with van der Waals surface area (Å²) in [5, 5.41) is 11.0. The summed E-state index contributed by atoms with van der Waals surface area (Å²) in [7, 11) is 0. The Bertz CT molecular complexity index is 554. The zero-order valence-corrected chi connectivity index (χ0v) is 14.7. The first-order chi connectivity index (χ1) is 10.9. The number of fused-ring (bicyclic) bond motifs is 5. The third kappa shape index (κ3) is 1.82. The fourth-order valence-corrected chi connectivity index (χ4v) is 7.07. The Morgan fingerprint density at radius 3 is 2.78 bits per heavy atom. The van der Waals surface area contributed by atoms with E-state index in [1.54, 1.807) is 5.57 Å². The van der Waals surface area contributed by atoms with Crippen LogP contribution in [0, 0.1) is 28.6 Å². The molecule has 0 radical (unpaired) electrons. The van der Waals surface area contributed by atoms with Gasteiger partial charge in [0.15, 0.2) is 0 Å². The fraction of sp³-hybridized carbons (Fsp3) is 0.810. The van der Waals surface area contributed by atoms with Crippen molar-refractivity contribution >= 4 is 0 Å². The van der Waals surface area contributed by atoms with Gasteiger partial charge in [-0.1, -0.05) is 38.0 Å². The third-order valence-electron chi connectivity index (χ3n) is 8.57. The molecule has 2 heteroatoms. The smallest absolute Gasteiger partial charge is 0.133 e. The summed E-state index contributed by atoms with van der Waals surface area (Å²) in [6.07, 6.45) is 11.8. The Balaban J connectivity index is 1.73. The van der Waals surface area contributed by atoms with Crippen LogP contribution in [0.1, 0.15) is 65.2 Å². The van der Waals surface area contributed by atoms with Gasteiger partial charge < -0.3 is 5.11 Å². The first kappa shape index (κ1) is 15.9. The molecular formula is C21H31FO. The van der Waals surface area contributed by atoms with Crippen molar-refractivity contribution in [3.8, 4) is 0 Å². The highest BCUT2D eigenvalue weighted by atomic mass is 19.1. The van der Waals surface area contributed by atoms with Crippen LogP contribution < -0.4 is 0 Å². The van der Waals surface area contributed by atoms with Gasteiger partial charge in [-0.3, -0.25) is 0 Å². The van der Waals surface area contributed by atoms with Crippen LogP contribution >= 0.6 is 0 Å². The molecule has 3 fully saturated rings. The minimum atomic E-state index is -1.33. The molecule has 3 saturated carbocycles. The number of alkyl halides is 1. The minimum Gasteiger partial charge on any atom is -0.382 e. The molecule has 0 bridgehead atoms. The van der Waals surface area contributed by atoms with E-state index in [1.165, 1.54) is 31.8 Å². The zero-order chi connectivity index (χ0) is 16.5. The summed E-state index contributed by atoms with van der Waals surface area (Å²) in [6, 6.07) is 0. The first-order valence-corrected chi connectivity index (χ1v) is 9.56. The number of rotatable bonds is 1. The second-order valence-corrected chi connectivity index (χ2v) is 9.16. The topological polar surface area (TPSA) is 20.2 Å². The van der Waals surface area contributed by atoms with E-state index in [0.717, 1.165) is 19.3 Å². The summed E-state index contributed by atoms with van der Waals surface area (Å²) >= 11 is 0. The standard InChI is InChI=1S/C21H31FO/c1-4-21(23)18(22)13-17-15-9-8-14-7-5-6-11-19(14,2)16(15)10-12-20(17,21)3/h4,8,15-18,23H,1,5-7,9-13H2,2-3H3/t15-,16-,17+,18?,19+,20+,21?/m1/s1. The Kier molecular flexibility index (Phi) is 3.41. The van der Waals surface area contributed by atoms with E-state index < -0.39 is 11.8 Å². The van der Waals surface area contributed by atoms with E-state index >= 15 is 0 Å². The molecule has 4 rings (SSSR count). The van der Waals surface area contributed by atoms with Gasteiger partial charge in [0.2, 0.25) is 0 Å². The van der Waals surface area contributed by atoms with Gasteiger partial charge in [0, 0.05) is 5.41 Å². The molecule has 7 atom stereocenters. The molecule has 1 nitrogen and oxygen atoms in total. The number of aliphatic hydroxyl groups is 1.